The van der Waals surface area contributed by atoms with Gasteiger partial charge in [-0.15, -0.1) is 0 Å². The van der Waals surface area contributed by atoms with E-state index in [2.05, 4.69) is 10.3 Å². The topological polar surface area (TPSA) is 42.0 Å². The van der Waals surface area contributed by atoms with Crippen molar-refractivity contribution in [3.8, 4) is 11.3 Å². The molecule has 1 amide bonds. The van der Waals surface area contributed by atoms with Crippen molar-refractivity contribution in [3.05, 3.63) is 48.2 Å². The maximum absolute atomic E-state index is 12.9. The van der Waals surface area contributed by atoms with Crippen LogP contribution in [0.1, 0.15) is 24.8 Å². The number of pyridine rings is 1. The van der Waals surface area contributed by atoms with Crippen LogP contribution in [-0.2, 0) is 4.79 Å². The van der Waals surface area contributed by atoms with Gasteiger partial charge in [-0.3, -0.25) is 9.78 Å². The highest BCUT2D eigenvalue weighted by Crippen LogP contribution is 2.40. The molecule has 23 heavy (non-hydrogen) atoms. The molecular weight excluding hydrogens is 312 g/mol. The number of anilines is 1. The van der Waals surface area contributed by atoms with Crippen molar-refractivity contribution < 1.29 is 22.4 Å². The lowest BCUT2D eigenvalue weighted by atomic mass is 10.0. The average Bonchev–Trinajstić information content (AvgIpc) is 3.23. The minimum absolute atomic E-state index is 0.106. The van der Waals surface area contributed by atoms with Crippen LogP contribution in [0.3, 0.4) is 0 Å². The lowest BCUT2D eigenvalue weighted by Crippen LogP contribution is -1.97. The zero-order chi connectivity index (χ0) is 16.9. The Balaban J connectivity index is 0.000000326. The SMILES string of the molecule is FC1(F)CC1.O=CNc1ccc(C(F)F)c(-c2ccccn2)c1. The molecule has 1 heterocycles. The monoisotopic (exact) mass is 326 g/mol. The van der Waals surface area contributed by atoms with E-state index in [0.29, 0.717) is 23.4 Å². The molecule has 0 aliphatic heterocycles. The van der Waals surface area contributed by atoms with Crippen molar-refractivity contribution in [2.75, 3.05) is 5.32 Å². The molecule has 2 aromatic rings. The van der Waals surface area contributed by atoms with E-state index in [0.717, 1.165) is 0 Å². The molecule has 3 nitrogen and oxygen atoms in total. The van der Waals surface area contributed by atoms with Crippen molar-refractivity contribution in [2.45, 2.75) is 25.2 Å². The van der Waals surface area contributed by atoms with Gasteiger partial charge in [0, 0.05) is 35.9 Å². The van der Waals surface area contributed by atoms with E-state index in [9.17, 15) is 22.4 Å². The Kier molecular flexibility index (Phi) is 5.31. The van der Waals surface area contributed by atoms with Gasteiger partial charge in [0.05, 0.1) is 5.69 Å². The first-order valence-corrected chi connectivity index (χ1v) is 6.84. The number of amides is 1. The van der Waals surface area contributed by atoms with Gasteiger partial charge in [-0.25, -0.2) is 17.6 Å². The fourth-order valence-corrected chi connectivity index (χ4v) is 1.74. The predicted molar refractivity (Wildman–Crippen MR) is 78.5 cm³/mol. The van der Waals surface area contributed by atoms with Crippen LogP contribution in [0.25, 0.3) is 11.3 Å². The van der Waals surface area contributed by atoms with Gasteiger partial charge in [-0.2, -0.15) is 0 Å². The number of carbonyl (C=O) groups is 1. The first-order chi connectivity index (χ1) is 10.9. The van der Waals surface area contributed by atoms with E-state index < -0.39 is 12.3 Å². The summed E-state index contributed by atoms with van der Waals surface area (Å²) in [6, 6.07) is 9.28. The second-order valence-electron chi connectivity index (χ2n) is 4.94. The van der Waals surface area contributed by atoms with E-state index in [-0.39, 0.29) is 18.4 Å². The minimum atomic E-state index is -2.59. The van der Waals surface area contributed by atoms with Crippen LogP contribution in [0.2, 0.25) is 0 Å². The number of carbonyl (C=O) groups excluding carboxylic acids is 1. The van der Waals surface area contributed by atoms with Gasteiger partial charge >= 0.3 is 0 Å². The van der Waals surface area contributed by atoms with Gasteiger partial charge in [0.25, 0.3) is 6.43 Å². The number of halogens is 4. The first kappa shape index (κ1) is 16.9. The zero-order valence-electron chi connectivity index (χ0n) is 12.0. The highest BCUT2D eigenvalue weighted by molar-refractivity contribution is 5.76. The third kappa shape index (κ3) is 5.05. The van der Waals surface area contributed by atoms with E-state index >= 15 is 0 Å². The maximum atomic E-state index is 12.9. The largest absolute Gasteiger partial charge is 0.329 e. The van der Waals surface area contributed by atoms with Crippen molar-refractivity contribution in [1.82, 2.24) is 4.98 Å². The van der Waals surface area contributed by atoms with Crippen LogP contribution >= 0.6 is 0 Å². The van der Waals surface area contributed by atoms with E-state index in [1.807, 2.05) is 0 Å². The molecule has 7 heteroatoms. The van der Waals surface area contributed by atoms with Crippen molar-refractivity contribution >= 4 is 12.1 Å². The standard InChI is InChI=1S/C13H10F2N2O.C3H4F2/c14-13(15)10-5-4-9(17-8-18)7-11(10)12-3-1-2-6-16-12;4-3(5)1-2-3/h1-8,13H,(H,17,18);1-2H2. The number of hydrogen-bond donors (Lipinski definition) is 1. The highest BCUT2D eigenvalue weighted by atomic mass is 19.3. The maximum Gasteiger partial charge on any atom is 0.264 e. The Morgan fingerprint density at radius 2 is 1.87 bits per heavy atom. The fourth-order valence-electron chi connectivity index (χ4n) is 1.74. The van der Waals surface area contributed by atoms with Gasteiger partial charge in [0.1, 0.15) is 0 Å². The molecule has 1 aliphatic rings. The molecule has 0 saturated heterocycles. The Morgan fingerprint density at radius 3 is 2.35 bits per heavy atom. The quantitative estimate of drug-likeness (QED) is 0.655. The number of nitrogens with one attached hydrogen (secondary N) is 1. The van der Waals surface area contributed by atoms with Crippen molar-refractivity contribution in [3.63, 3.8) is 0 Å². The molecule has 3 rings (SSSR count). The molecular formula is C16H14F4N2O. The number of alkyl halides is 4. The summed E-state index contributed by atoms with van der Waals surface area (Å²) in [4.78, 5) is 14.4. The molecule has 1 aromatic heterocycles. The summed E-state index contributed by atoms with van der Waals surface area (Å²) in [5.41, 5.74) is 1.11. The summed E-state index contributed by atoms with van der Waals surface area (Å²) in [7, 11) is 0. The summed E-state index contributed by atoms with van der Waals surface area (Å²) in [5, 5.41) is 2.43. The van der Waals surface area contributed by atoms with Gasteiger partial charge in [0.15, 0.2) is 0 Å². The van der Waals surface area contributed by atoms with Gasteiger partial charge in [-0.05, 0) is 24.3 Å². The highest BCUT2D eigenvalue weighted by Gasteiger charge is 2.43. The first-order valence-electron chi connectivity index (χ1n) is 6.84. The molecule has 0 atom stereocenters. The Bertz CT molecular complexity index is 656. The third-order valence-electron chi connectivity index (χ3n) is 3.08. The zero-order valence-corrected chi connectivity index (χ0v) is 12.0. The molecule has 1 aromatic carbocycles. The number of aromatic nitrogens is 1. The van der Waals surface area contributed by atoms with Gasteiger partial charge in [0.2, 0.25) is 12.3 Å². The van der Waals surface area contributed by atoms with Crippen molar-refractivity contribution in [1.29, 1.82) is 0 Å². The molecule has 1 fully saturated rings. The minimum Gasteiger partial charge on any atom is -0.329 e. The number of rotatable bonds is 4. The molecule has 0 radical (unpaired) electrons. The number of nitrogens with zero attached hydrogens (tertiary/aromatic N) is 1. The summed E-state index contributed by atoms with van der Waals surface area (Å²) < 4.78 is 48.1. The molecule has 1 aliphatic carbocycles. The smallest absolute Gasteiger partial charge is 0.264 e. The van der Waals surface area contributed by atoms with Crippen LogP contribution < -0.4 is 5.32 Å². The van der Waals surface area contributed by atoms with Gasteiger partial charge in [-0.1, -0.05) is 12.1 Å². The normalized spacial score (nSPS) is 14.7. The van der Waals surface area contributed by atoms with E-state index in [1.165, 1.54) is 24.4 Å². The van der Waals surface area contributed by atoms with E-state index in [4.69, 9.17) is 0 Å². The number of hydrogen-bond acceptors (Lipinski definition) is 2. The Hall–Kier alpha value is -2.44. The predicted octanol–water partition coefficient (Wildman–Crippen LogP) is 4.67. The second kappa shape index (κ2) is 7.21. The lowest BCUT2D eigenvalue weighted by Gasteiger charge is -2.10. The van der Waals surface area contributed by atoms with Crippen LogP contribution in [-0.4, -0.2) is 17.3 Å². The molecule has 0 bridgehead atoms. The third-order valence-corrected chi connectivity index (χ3v) is 3.08. The Labute approximate surface area is 130 Å². The van der Waals surface area contributed by atoms with E-state index in [1.54, 1.807) is 18.2 Å². The lowest BCUT2D eigenvalue weighted by molar-refractivity contribution is -0.105. The van der Waals surface area contributed by atoms with Crippen molar-refractivity contribution in [2.24, 2.45) is 0 Å². The summed E-state index contributed by atoms with van der Waals surface area (Å²) in [6.07, 6.45) is -0.323. The summed E-state index contributed by atoms with van der Waals surface area (Å²) >= 11 is 0. The summed E-state index contributed by atoms with van der Waals surface area (Å²) in [5.74, 6) is -2.25. The molecule has 0 unspecified atom stereocenters. The van der Waals surface area contributed by atoms with Crippen LogP contribution in [0, 0.1) is 0 Å². The molecule has 1 N–H and O–H groups in total. The fraction of sp³-hybridized carbons (Fsp3) is 0.250. The molecule has 0 spiro atoms. The van der Waals surface area contributed by atoms with Gasteiger partial charge < -0.3 is 5.32 Å². The second-order valence-corrected chi connectivity index (χ2v) is 4.94. The molecule has 1 saturated carbocycles. The Morgan fingerprint density at radius 1 is 1.17 bits per heavy atom. The van der Waals surface area contributed by atoms with Crippen LogP contribution in [0.4, 0.5) is 23.2 Å². The van der Waals surface area contributed by atoms with Crippen LogP contribution in [0.15, 0.2) is 42.6 Å². The summed E-state index contributed by atoms with van der Waals surface area (Å²) in [6.45, 7) is 0. The van der Waals surface area contributed by atoms with Crippen LogP contribution in [0.5, 0.6) is 0 Å². The average molecular weight is 326 g/mol. The molecule has 122 valence electrons. The number of benzene rings is 1.